The van der Waals surface area contributed by atoms with Crippen LogP contribution in [0.1, 0.15) is 0 Å². The van der Waals surface area contributed by atoms with Crippen molar-refractivity contribution in [1.29, 1.82) is 0 Å². The molecule has 0 bridgehead atoms. The van der Waals surface area contributed by atoms with E-state index >= 15 is 0 Å². The van der Waals surface area contributed by atoms with Gasteiger partial charge in [0.05, 0.1) is 7.11 Å². The minimum Gasteiger partial charge on any atom is -0.497 e. The Hall–Kier alpha value is -2.62. The molecule has 0 aliphatic carbocycles. The molecule has 0 fully saturated rings. The number of benzene rings is 3. The monoisotopic (exact) mass is 389 g/mol. The van der Waals surface area contributed by atoms with Crippen LogP contribution in [0, 0.1) is 0 Å². The third kappa shape index (κ3) is 4.94. The highest BCUT2D eigenvalue weighted by molar-refractivity contribution is 7.56. The molecule has 26 heavy (non-hydrogen) atoms. The molecule has 5 nitrogen and oxygen atoms in total. The molecule has 1 unspecified atom stereocenters. The fourth-order valence-corrected chi connectivity index (χ4v) is 3.66. The third-order valence-electron chi connectivity index (χ3n) is 3.36. The first-order chi connectivity index (χ1) is 12.6. The Morgan fingerprint density at radius 3 is 1.88 bits per heavy atom. The van der Waals surface area contributed by atoms with Gasteiger partial charge in [0.1, 0.15) is 17.2 Å². The SMILES string of the molecule is COc1ccc(NP(=O)(Oc2ccccc2)Oc2ccc(Cl)cc2)cc1. The van der Waals surface area contributed by atoms with Crippen LogP contribution in [0.5, 0.6) is 17.2 Å². The maximum Gasteiger partial charge on any atom is 0.541 e. The van der Waals surface area contributed by atoms with Gasteiger partial charge in [-0.25, -0.2) is 4.57 Å². The molecule has 134 valence electrons. The average molecular weight is 390 g/mol. The van der Waals surface area contributed by atoms with Crippen molar-refractivity contribution in [3.8, 4) is 17.2 Å². The summed E-state index contributed by atoms with van der Waals surface area (Å²) in [6, 6.07) is 22.3. The first-order valence-electron chi connectivity index (χ1n) is 7.78. The second kappa shape index (κ2) is 8.17. The van der Waals surface area contributed by atoms with E-state index in [1.54, 1.807) is 79.9 Å². The second-order valence-corrected chi connectivity index (χ2v) is 7.31. The number of hydrogen-bond donors (Lipinski definition) is 1. The van der Waals surface area contributed by atoms with Crippen molar-refractivity contribution in [1.82, 2.24) is 0 Å². The predicted molar refractivity (Wildman–Crippen MR) is 103 cm³/mol. The average Bonchev–Trinajstić information content (AvgIpc) is 2.65. The smallest absolute Gasteiger partial charge is 0.497 e. The summed E-state index contributed by atoms with van der Waals surface area (Å²) < 4.78 is 29.8. The van der Waals surface area contributed by atoms with Crippen molar-refractivity contribution in [3.05, 3.63) is 83.9 Å². The van der Waals surface area contributed by atoms with Crippen molar-refractivity contribution in [2.24, 2.45) is 0 Å². The molecule has 0 heterocycles. The zero-order valence-electron chi connectivity index (χ0n) is 14.0. The summed E-state index contributed by atoms with van der Waals surface area (Å²) in [5.74, 6) is 1.48. The van der Waals surface area contributed by atoms with E-state index < -0.39 is 7.75 Å². The summed E-state index contributed by atoms with van der Waals surface area (Å²) in [4.78, 5) is 0. The van der Waals surface area contributed by atoms with Gasteiger partial charge in [-0.1, -0.05) is 29.8 Å². The van der Waals surface area contributed by atoms with Gasteiger partial charge in [-0.05, 0) is 60.7 Å². The third-order valence-corrected chi connectivity index (χ3v) is 5.05. The molecule has 1 atom stereocenters. The maximum atomic E-state index is 13.3. The molecule has 7 heteroatoms. The van der Waals surface area contributed by atoms with Gasteiger partial charge in [0.15, 0.2) is 0 Å². The summed E-state index contributed by atoms with van der Waals surface area (Å²) in [7, 11) is -2.18. The fourth-order valence-electron chi connectivity index (χ4n) is 2.14. The van der Waals surface area contributed by atoms with Crippen LogP contribution in [0.3, 0.4) is 0 Å². The first kappa shape index (κ1) is 18.2. The number of ether oxygens (including phenoxy) is 1. The maximum absolute atomic E-state index is 13.3. The molecule has 0 aliphatic rings. The zero-order valence-corrected chi connectivity index (χ0v) is 15.6. The number of halogens is 1. The molecule has 0 aromatic heterocycles. The van der Waals surface area contributed by atoms with Crippen molar-refractivity contribution in [2.75, 3.05) is 12.2 Å². The van der Waals surface area contributed by atoms with Crippen molar-refractivity contribution < 1.29 is 18.3 Å². The van der Waals surface area contributed by atoms with Crippen LogP contribution in [0.4, 0.5) is 5.69 Å². The Kier molecular flexibility index (Phi) is 5.71. The van der Waals surface area contributed by atoms with Crippen LogP contribution in [0.15, 0.2) is 78.9 Å². The lowest BCUT2D eigenvalue weighted by Crippen LogP contribution is -2.09. The molecule has 0 saturated carbocycles. The number of nitrogens with one attached hydrogen (secondary N) is 1. The molecule has 3 aromatic carbocycles. The molecule has 0 radical (unpaired) electrons. The van der Waals surface area contributed by atoms with E-state index in [0.29, 0.717) is 28.0 Å². The highest BCUT2D eigenvalue weighted by Crippen LogP contribution is 2.48. The Labute approximate surface area is 157 Å². The van der Waals surface area contributed by atoms with Gasteiger partial charge in [-0.15, -0.1) is 0 Å². The van der Waals surface area contributed by atoms with Crippen molar-refractivity contribution in [2.45, 2.75) is 0 Å². The van der Waals surface area contributed by atoms with Gasteiger partial charge in [-0.3, -0.25) is 5.09 Å². The van der Waals surface area contributed by atoms with Gasteiger partial charge in [0.2, 0.25) is 0 Å². The topological polar surface area (TPSA) is 56.8 Å². The molecular weight excluding hydrogens is 373 g/mol. The van der Waals surface area contributed by atoms with Gasteiger partial charge < -0.3 is 13.8 Å². The molecular formula is C19H17ClNO4P. The Morgan fingerprint density at radius 2 is 1.31 bits per heavy atom. The van der Waals surface area contributed by atoms with Crippen LogP contribution >= 0.6 is 19.3 Å². The highest BCUT2D eigenvalue weighted by Gasteiger charge is 2.29. The Balaban J connectivity index is 1.86. The predicted octanol–water partition coefficient (Wildman–Crippen LogP) is 6.03. The lowest BCUT2D eigenvalue weighted by atomic mass is 10.3. The van der Waals surface area contributed by atoms with Crippen molar-refractivity contribution >= 4 is 25.0 Å². The molecule has 0 saturated heterocycles. The number of anilines is 1. The Bertz CT molecular complexity index is 886. The normalized spacial score (nSPS) is 12.7. The quantitative estimate of drug-likeness (QED) is 0.500. The van der Waals surface area contributed by atoms with Gasteiger partial charge in [0, 0.05) is 10.7 Å². The van der Waals surface area contributed by atoms with E-state index in [1.165, 1.54) is 0 Å². The number of hydrogen-bond acceptors (Lipinski definition) is 4. The lowest BCUT2D eigenvalue weighted by Gasteiger charge is -2.21. The molecule has 0 amide bonds. The molecule has 3 aromatic rings. The summed E-state index contributed by atoms with van der Waals surface area (Å²) in [6.45, 7) is 0. The largest absolute Gasteiger partial charge is 0.541 e. The van der Waals surface area contributed by atoms with E-state index in [9.17, 15) is 4.57 Å². The van der Waals surface area contributed by atoms with E-state index in [-0.39, 0.29) is 0 Å². The van der Waals surface area contributed by atoms with E-state index in [0.717, 1.165) is 0 Å². The second-order valence-electron chi connectivity index (χ2n) is 5.29. The number of para-hydroxylation sites is 1. The molecule has 3 rings (SSSR count). The van der Waals surface area contributed by atoms with Gasteiger partial charge >= 0.3 is 7.75 Å². The van der Waals surface area contributed by atoms with Gasteiger partial charge in [0.25, 0.3) is 0 Å². The van der Waals surface area contributed by atoms with E-state index in [2.05, 4.69) is 5.09 Å². The van der Waals surface area contributed by atoms with Crippen molar-refractivity contribution in [3.63, 3.8) is 0 Å². The van der Waals surface area contributed by atoms with Crippen LogP contribution in [-0.2, 0) is 4.57 Å². The molecule has 0 spiro atoms. The van der Waals surface area contributed by atoms with Gasteiger partial charge in [-0.2, -0.15) is 0 Å². The standard InChI is InChI=1S/C19H17ClNO4P/c1-23-17-13-9-16(10-14-17)21-26(22,24-18-5-3-2-4-6-18)25-19-11-7-15(20)8-12-19/h2-14H,1H3,(H,21,22). The lowest BCUT2D eigenvalue weighted by molar-refractivity contribution is 0.392. The van der Waals surface area contributed by atoms with E-state index in [4.69, 9.17) is 25.4 Å². The summed E-state index contributed by atoms with van der Waals surface area (Å²) >= 11 is 5.89. The first-order valence-corrected chi connectivity index (χ1v) is 9.70. The van der Waals surface area contributed by atoms with E-state index in [1.807, 2.05) is 6.07 Å². The summed E-state index contributed by atoms with van der Waals surface area (Å²) in [5.41, 5.74) is 0.569. The van der Waals surface area contributed by atoms with Crippen LogP contribution in [-0.4, -0.2) is 7.11 Å². The fraction of sp³-hybridized carbons (Fsp3) is 0.0526. The zero-order chi connectivity index (χ0) is 18.4. The minimum atomic E-state index is -3.76. The highest BCUT2D eigenvalue weighted by atomic mass is 35.5. The molecule has 1 N–H and O–H groups in total. The summed E-state index contributed by atoms with van der Waals surface area (Å²) in [6.07, 6.45) is 0. The minimum absolute atomic E-state index is 0.370. The number of rotatable bonds is 7. The Morgan fingerprint density at radius 1 is 0.769 bits per heavy atom. The van der Waals surface area contributed by atoms with Crippen LogP contribution in [0.25, 0.3) is 0 Å². The summed E-state index contributed by atoms with van der Waals surface area (Å²) in [5, 5.41) is 3.40. The van der Waals surface area contributed by atoms with Crippen LogP contribution < -0.4 is 18.9 Å². The van der Waals surface area contributed by atoms with Crippen LogP contribution in [0.2, 0.25) is 5.02 Å². The number of methoxy groups -OCH3 is 1. The molecule has 0 aliphatic heterocycles.